The number of nitrogens with zero attached hydrogens (tertiary/aromatic N) is 1. The maximum Gasteiger partial charge on any atom is 0.417 e. The van der Waals surface area contributed by atoms with E-state index in [1.165, 1.54) is 0 Å². The number of halogens is 3. The van der Waals surface area contributed by atoms with Gasteiger partial charge in [0.15, 0.2) is 11.3 Å². The van der Waals surface area contributed by atoms with Crippen LogP contribution < -0.4 is 5.32 Å². The lowest BCUT2D eigenvalue weighted by Crippen LogP contribution is -2.62. The monoisotopic (exact) mass is 500 g/mol. The van der Waals surface area contributed by atoms with Crippen LogP contribution in [0.4, 0.5) is 18.0 Å². The average Bonchev–Trinajstić information content (AvgIpc) is 3.08. The van der Waals surface area contributed by atoms with Crippen molar-refractivity contribution in [1.82, 2.24) is 5.32 Å². The highest BCUT2D eigenvalue weighted by atomic mass is 32.2. The van der Waals surface area contributed by atoms with Gasteiger partial charge in [0.05, 0.1) is 0 Å². The Morgan fingerprint density at radius 2 is 1.73 bits per heavy atom. The number of amidine groups is 1. The summed E-state index contributed by atoms with van der Waals surface area (Å²) >= 11 is 0.956. The van der Waals surface area contributed by atoms with Gasteiger partial charge >= 0.3 is 12.3 Å². The normalized spacial score (nSPS) is 28.8. The van der Waals surface area contributed by atoms with E-state index in [2.05, 4.69) is 10.3 Å². The van der Waals surface area contributed by atoms with Crippen molar-refractivity contribution in [3.05, 3.63) is 0 Å². The number of aliphatic hydroxyl groups is 1. The number of carbonyl (C=O) groups is 1. The first-order chi connectivity index (χ1) is 15.4. The first kappa shape index (κ1) is 28.2. The van der Waals surface area contributed by atoms with Gasteiger partial charge in [-0.1, -0.05) is 38.5 Å². The van der Waals surface area contributed by atoms with Crippen LogP contribution in [0.2, 0.25) is 0 Å². The zero-order chi connectivity index (χ0) is 24.8. The van der Waals surface area contributed by atoms with Gasteiger partial charge in [-0.15, -0.1) is 0 Å². The van der Waals surface area contributed by atoms with Crippen molar-refractivity contribution < 1.29 is 42.0 Å². The second kappa shape index (κ2) is 12.1. The molecule has 0 aromatic rings. The van der Waals surface area contributed by atoms with Crippen LogP contribution in [0.5, 0.6) is 0 Å². The van der Waals surface area contributed by atoms with Crippen molar-refractivity contribution in [3.8, 4) is 0 Å². The molecule has 1 unspecified atom stereocenters. The highest BCUT2D eigenvalue weighted by molar-refractivity contribution is 8.14. The number of carbonyl (C=O) groups excluding carboxylic acids is 1. The molecule has 2 aliphatic heterocycles. The number of alkyl carbamates (subject to hydrolysis) is 1. The Morgan fingerprint density at radius 1 is 1.15 bits per heavy atom. The van der Waals surface area contributed by atoms with Crippen molar-refractivity contribution in [2.75, 3.05) is 13.2 Å². The summed E-state index contributed by atoms with van der Waals surface area (Å²) in [6.07, 6.45) is -9.23. The number of thioether (sulfide) groups is 1. The van der Waals surface area contributed by atoms with E-state index in [9.17, 15) is 23.1 Å². The number of aliphatic imine (C=N–C) groups is 1. The van der Waals surface area contributed by atoms with E-state index >= 15 is 0 Å². The number of amides is 1. The molecule has 0 radical (unpaired) electrons. The van der Waals surface area contributed by atoms with Crippen LogP contribution in [-0.2, 0) is 18.9 Å². The average molecular weight is 501 g/mol. The fourth-order valence-corrected chi connectivity index (χ4v) is 4.44. The molecule has 2 heterocycles. The maximum absolute atomic E-state index is 13.4. The first-order valence-electron chi connectivity index (χ1n) is 11.2. The molecule has 0 aromatic carbocycles. The lowest BCUT2D eigenvalue weighted by atomic mass is 9.94. The fraction of sp³-hybridized carbons (Fsp3) is 0.905. The van der Waals surface area contributed by atoms with Crippen molar-refractivity contribution in [2.24, 2.45) is 4.99 Å². The van der Waals surface area contributed by atoms with Gasteiger partial charge in [-0.05, 0) is 33.6 Å². The fourth-order valence-electron chi connectivity index (χ4n) is 3.36. The molecule has 8 nitrogen and oxygen atoms in total. The molecule has 0 spiro atoms. The minimum absolute atomic E-state index is 0.151. The summed E-state index contributed by atoms with van der Waals surface area (Å²) in [5.41, 5.74) is -1.63. The molecule has 192 valence electrons. The minimum atomic E-state index is -4.90. The summed E-state index contributed by atoms with van der Waals surface area (Å²) in [6, 6.07) is -0.722. The Morgan fingerprint density at radius 3 is 2.24 bits per heavy atom. The molecule has 1 saturated heterocycles. The Hall–Kier alpha value is -1.08. The highest BCUT2D eigenvalue weighted by Crippen LogP contribution is 2.41. The number of aliphatic hydroxyl groups excluding tert-OH is 1. The lowest BCUT2D eigenvalue weighted by Gasteiger charge is -2.44. The van der Waals surface area contributed by atoms with Crippen LogP contribution >= 0.6 is 11.8 Å². The Balaban J connectivity index is 2.28. The molecule has 1 amide bonds. The SMILES string of the molecule is CCCCO[C@@H]1[C@H]2N=C(NC(=O)OC(C)(C)C)S[C@H]2O[C@H](C(O)C(F)(F)F)[C@H]1OCCCC. The molecule has 6 atom stereocenters. The van der Waals surface area contributed by atoms with Crippen molar-refractivity contribution in [1.29, 1.82) is 0 Å². The lowest BCUT2D eigenvalue weighted by molar-refractivity contribution is -0.281. The van der Waals surface area contributed by atoms with Crippen molar-refractivity contribution in [2.45, 2.75) is 108 Å². The van der Waals surface area contributed by atoms with Crippen LogP contribution in [0.25, 0.3) is 0 Å². The van der Waals surface area contributed by atoms with Crippen LogP contribution in [0, 0.1) is 0 Å². The third kappa shape index (κ3) is 8.27. The highest BCUT2D eigenvalue weighted by Gasteiger charge is 2.57. The third-order valence-electron chi connectivity index (χ3n) is 4.92. The number of fused-ring (bicyclic) bond motifs is 1. The van der Waals surface area contributed by atoms with E-state index in [4.69, 9.17) is 18.9 Å². The molecule has 2 aliphatic rings. The smallest absolute Gasteiger partial charge is 0.417 e. The molecule has 0 aliphatic carbocycles. The van der Waals surface area contributed by atoms with Crippen molar-refractivity contribution >= 4 is 23.0 Å². The third-order valence-corrected chi connectivity index (χ3v) is 5.97. The molecular weight excluding hydrogens is 465 g/mol. The molecule has 2 rings (SSSR count). The van der Waals surface area contributed by atoms with E-state index in [-0.39, 0.29) is 11.8 Å². The second-order valence-corrected chi connectivity index (χ2v) is 10.1. The van der Waals surface area contributed by atoms with E-state index in [0.29, 0.717) is 19.4 Å². The van der Waals surface area contributed by atoms with Crippen molar-refractivity contribution in [3.63, 3.8) is 0 Å². The van der Waals surface area contributed by atoms with Gasteiger partial charge in [0.2, 0.25) is 0 Å². The van der Waals surface area contributed by atoms with Crippen LogP contribution in [0.1, 0.15) is 60.3 Å². The van der Waals surface area contributed by atoms with Crippen LogP contribution in [0.3, 0.4) is 0 Å². The predicted molar refractivity (Wildman–Crippen MR) is 118 cm³/mol. The van der Waals surface area contributed by atoms with Crippen LogP contribution in [-0.4, -0.2) is 77.3 Å². The summed E-state index contributed by atoms with van der Waals surface area (Å²) in [5.74, 6) is 0. The molecular formula is C21H35F3N2O6S. The quantitative estimate of drug-likeness (QED) is 0.462. The van der Waals surface area contributed by atoms with Gasteiger partial charge in [0.1, 0.15) is 35.4 Å². The summed E-state index contributed by atoms with van der Waals surface area (Å²) in [6.45, 7) is 9.50. The Kier molecular flexibility index (Phi) is 10.3. The molecule has 0 bridgehead atoms. The van der Waals surface area contributed by atoms with Gasteiger partial charge < -0.3 is 24.1 Å². The zero-order valence-corrected chi connectivity index (χ0v) is 20.5. The number of ether oxygens (including phenoxy) is 4. The van der Waals surface area contributed by atoms with Crippen LogP contribution in [0.15, 0.2) is 4.99 Å². The number of hydrogen-bond acceptors (Lipinski definition) is 8. The largest absolute Gasteiger partial charge is 0.444 e. The van der Waals surface area contributed by atoms with E-state index < -0.39 is 53.8 Å². The molecule has 12 heteroatoms. The van der Waals surface area contributed by atoms with E-state index in [0.717, 1.165) is 24.6 Å². The summed E-state index contributed by atoms with van der Waals surface area (Å²) in [7, 11) is 0. The molecule has 0 saturated carbocycles. The summed E-state index contributed by atoms with van der Waals surface area (Å²) in [5, 5.41) is 12.7. The number of hydrogen-bond donors (Lipinski definition) is 2. The van der Waals surface area contributed by atoms with Gasteiger partial charge in [-0.3, -0.25) is 10.3 Å². The summed E-state index contributed by atoms with van der Waals surface area (Å²) in [4.78, 5) is 16.6. The zero-order valence-electron chi connectivity index (χ0n) is 19.7. The number of unbranched alkanes of at least 4 members (excludes halogenated alkanes) is 2. The maximum atomic E-state index is 13.4. The predicted octanol–water partition coefficient (Wildman–Crippen LogP) is 4.00. The van der Waals surface area contributed by atoms with E-state index in [1.54, 1.807) is 20.8 Å². The molecule has 33 heavy (non-hydrogen) atoms. The number of alkyl halides is 3. The topological polar surface area (TPSA) is 98.6 Å². The van der Waals surface area contributed by atoms with E-state index in [1.807, 2.05) is 13.8 Å². The minimum Gasteiger partial charge on any atom is -0.444 e. The Labute approximate surface area is 197 Å². The summed E-state index contributed by atoms with van der Waals surface area (Å²) < 4.78 is 63.0. The number of nitrogens with one attached hydrogen (secondary N) is 1. The standard InChI is InChI=1S/C21H35F3N2O6S/c1-6-8-10-29-13-12-17(33-18(25-12)26-19(28)32-20(3,4)5)31-15(16(27)21(22,23)24)14(13)30-11-9-7-2/h12-17,27H,6-11H2,1-5H3,(H,25,26,28)/t12-,13-,14+,15+,16?,17-/m1/s1. The molecule has 1 fully saturated rings. The van der Waals surface area contributed by atoms with Gasteiger partial charge in [-0.25, -0.2) is 4.79 Å². The van der Waals surface area contributed by atoms with Gasteiger partial charge in [-0.2, -0.15) is 13.2 Å². The second-order valence-electron chi connectivity index (χ2n) is 9.00. The molecule has 0 aromatic heterocycles. The number of rotatable bonds is 9. The van der Waals surface area contributed by atoms with Gasteiger partial charge in [0.25, 0.3) is 0 Å². The Bertz CT molecular complexity index is 673. The van der Waals surface area contributed by atoms with Gasteiger partial charge in [0, 0.05) is 13.2 Å². The first-order valence-corrected chi connectivity index (χ1v) is 12.1. The molecule has 2 N–H and O–H groups in total.